The molecule has 0 fully saturated rings. The van der Waals surface area contributed by atoms with Gasteiger partial charge in [-0.1, -0.05) is 97.1 Å². The third kappa shape index (κ3) is 5.07. The number of phenols is 5. The monoisotopic (exact) mass is 722 g/mol. The molecule has 0 spiro atoms. The molecule has 5 N–H and O–H groups in total. The summed E-state index contributed by atoms with van der Waals surface area (Å²) in [6.45, 7) is 0. The minimum Gasteiger partial charge on any atom is -0.504 e. The normalized spacial score (nSPS) is 12.7. The Bertz CT molecular complexity index is 2960. The smallest absolute Gasteiger partial charge is 0.208 e. The van der Waals surface area contributed by atoms with Crippen molar-refractivity contribution in [2.24, 2.45) is 0 Å². The minimum atomic E-state index is -1.02. The van der Waals surface area contributed by atoms with Crippen LogP contribution >= 0.6 is 0 Å². The summed E-state index contributed by atoms with van der Waals surface area (Å²) < 4.78 is 8.87. The summed E-state index contributed by atoms with van der Waals surface area (Å²) in [5.41, 5.74) is 7.54. The van der Waals surface area contributed by atoms with Crippen LogP contribution in [0.3, 0.4) is 0 Å². The standard InChI is InChI=1S/C45H30N4O6/c50-38-37(39(51)41(53)42(54)40(38)52)24-14-16-26(17-15-24)44-46-43(25-8-2-1-3-9-25)47-45(48-44)27-18-20-31-32-23-28(19-21-35(32)55-36(31)22-27)49-33-12-6-4-10-29(33)30-11-5-7-13-34(30)49/h1-18,20,22-23,50-54H,19,21H2. The van der Waals surface area contributed by atoms with Crippen LogP contribution in [-0.2, 0) is 6.42 Å². The van der Waals surface area contributed by atoms with Crippen LogP contribution in [-0.4, -0.2) is 45.1 Å². The van der Waals surface area contributed by atoms with E-state index in [1.165, 1.54) is 27.5 Å². The first kappa shape index (κ1) is 32.1. The van der Waals surface area contributed by atoms with Gasteiger partial charge in [0, 0.05) is 50.5 Å². The minimum absolute atomic E-state index is 0.243. The van der Waals surface area contributed by atoms with Crippen molar-refractivity contribution < 1.29 is 29.9 Å². The summed E-state index contributed by atoms with van der Waals surface area (Å²) in [6.07, 6.45) is 3.84. The molecule has 1 aliphatic rings. The lowest BCUT2D eigenvalue weighted by atomic mass is 9.99. The van der Waals surface area contributed by atoms with Gasteiger partial charge in [-0.3, -0.25) is 0 Å². The van der Waals surface area contributed by atoms with Crippen LogP contribution in [0.15, 0.2) is 126 Å². The van der Waals surface area contributed by atoms with E-state index in [4.69, 9.17) is 19.4 Å². The Balaban J connectivity index is 1.06. The summed E-state index contributed by atoms with van der Waals surface area (Å²) in [7, 11) is 0. The van der Waals surface area contributed by atoms with Gasteiger partial charge in [0.25, 0.3) is 0 Å². The zero-order chi connectivity index (χ0) is 37.4. The van der Waals surface area contributed by atoms with E-state index in [0.717, 1.165) is 46.3 Å². The maximum atomic E-state index is 10.5. The molecule has 0 bridgehead atoms. The Hall–Kier alpha value is -7.59. The number of hydrogen-bond donors (Lipinski definition) is 5. The molecule has 0 saturated carbocycles. The van der Waals surface area contributed by atoms with Crippen molar-refractivity contribution in [3.05, 3.63) is 133 Å². The molecule has 266 valence electrons. The molecule has 3 heterocycles. The topological polar surface area (TPSA) is 158 Å². The summed E-state index contributed by atoms with van der Waals surface area (Å²) in [4.78, 5) is 14.6. The van der Waals surface area contributed by atoms with Gasteiger partial charge in [-0.2, -0.15) is 0 Å². The number of para-hydroxylation sites is 2. The van der Waals surface area contributed by atoms with E-state index < -0.39 is 28.7 Å². The van der Waals surface area contributed by atoms with Gasteiger partial charge in [0.1, 0.15) is 11.3 Å². The summed E-state index contributed by atoms with van der Waals surface area (Å²) in [5.74, 6) is -2.25. The number of hydrogen-bond acceptors (Lipinski definition) is 9. The third-order valence-corrected chi connectivity index (χ3v) is 10.3. The highest BCUT2D eigenvalue weighted by Gasteiger charge is 2.25. The molecule has 0 radical (unpaired) electrons. The molecular weight excluding hydrogens is 693 g/mol. The first-order valence-corrected chi connectivity index (χ1v) is 17.7. The van der Waals surface area contributed by atoms with Crippen LogP contribution in [0.5, 0.6) is 28.7 Å². The SMILES string of the molecule is Oc1c(O)c(O)c(-c2ccc(-c3nc(-c4ccccc4)nc(-c4ccc5c6c(oc5c4)CCC(n4c5ccccc5c5ccccc54)=C6)n3)cc2)c(O)c1O. The third-order valence-electron chi connectivity index (χ3n) is 10.3. The van der Waals surface area contributed by atoms with E-state index in [-0.39, 0.29) is 11.1 Å². The van der Waals surface area contributed by atoms with Crippen molar-refractivity contribution in [3.63, 3.8) is 0 Å². The van der Waals surface area contributed by atoms with E-state index >= 15 is 0 Å². The molecule has 0 unspecified atom stereocenters. The van der Waals surface area contributed by atoms with Gasteiger partial charge in [0.2, 0.25) is 17.2 Å². The number of aromatic nitrogens is 4. The van der Waals surface area contributed by atoms with E-state index in [9.17, 15) is 25.5 Å². The van der Waals surface area contributed by atoms with Crippen LogP contribution in [0.25, 0.3) is 89.8 Å². The number of benzene rings is 6. The zero-order valence-electron chi connectivity index (χ0n) is 29.0. The number of rotatable bonds is 5. The average Bonchev–Trinajstić information content (AvgIpc) is 3.77. The second-order valence-electron chi connectivity index (χ2n) is 13.5. The number of fused-ring (bicyclic) bond motifs is 6. The van der Waals surface area contributed by atoms with Crippen molar-refractivity contribution in [2.75, 3.05) is 0 Å². The van der Waals surface area contributed by atoms with E-state index in [1.54, 1.807) is 24.3 Å². The van der Waals surface area contributed by atoms with Gasteiger partial charge in [-0.05, 0) is 42.3 Å². The largest absolute Gasteiger partial charge is 0.504 e. The highest BCUT2D eigenvalue weighted by Crippen LogP contribution is 2.54. The van der Waals surface area contributed by atoms with E-state index in [2.05, 4.69) is 65.2 Å². The molecule has 10 nitrogen and oxygen atoms in total. The van der Waals surface area contributed by atoms with E-state index in [1.807, 2.05) is 42.5 Å². The van der Waals surface area contributed by atoms with Crippen molar-refractivity contribution in [2.45, 2.75) is 12.8 Å². The molecule has 0 aliphatic heterocycles. The van der Waals surface area contributed by atoms with Crippen LogP contribution in [0.1, 0.15) is 17.7 Å². The van der Waals surface area contributed by atoms with Crippen LogP contribution in [0.2, 0.25) is 0 Å². The fraction of sp³-hybridized carbons (Fsp3) is 0.0444. The molecule has 10 rings (SSSR count). The summed E-state index contributed by atoms with van der Waals surface area (Å²) in [5, 5.41) is 54.4. The molecule has 9 aromatic rings. The van der Waals surface area contributed by atoms with Crippen LogP contribution < -0.4 is 0 Å². The molecule has 10 heteroatoms. The second-order valence-corrected chi connectivity index (χ2v) is 13.5. The van der Waals surface area contributed by atoms with Gasteiger partial charge >= 0.3 is 0 Å². The maximum Gasteiger partial charge on any atom is 0.208 e. The number of phenolic OH excluding ortho intramolecular Hbond substituents is 5. The maximum absolute atomic E-state index is 10.5. The molecule has 3 aromatic heterocycles. The van der Waals surface area contributed by atoms with Crippen LogP contribution in [0.4, 0.5) is 0 Å². The van der Waals surface area contributed by atoms with Crippen molar-refractivity contribution in [1.82, 2.24) is 19.5 Å². The lowest BCUT2D eigenvalue weighted by molar-refractivity contribution is 0.330. The van der Waals surface area contributed by atoms with E-state index in [0.29, 0.717) is 23.0 Å². The van der Waals surface area contributed by atoms with Gasteiger partial charge in [-0.15, -0.1) is 0 Å². The number of furan rings is 1. The molecule has 0 saturated heterocycles. The molecular formula is C45H30N4O6. The lowest BCUT2D eigenvalue weighted by Crippen LogP contribution is -2.03. The number of aromatic hydroxyl groups is 5. The van der Waals surface area contributed by atoms with Crippen LogP contribution in [0, 0.1) is 0 Å². The Morgan fingerprint density at radius 3 is 1.62 bits per heavy atom. The predicted octanol–water partition coefficient (Wildman–Crippen LogP) is 9.87. The molecule has 0 amide bonds. The zero-order valence-corrected chi connectivity index (χ0v) is 29.0. The second kappa shape index (κ2) is 12.2. The Kier molecular flexibility index (Phi) is 7.14. The first-order valence-electron chi connectivity index (χ1n) is 17.7. The summed E-state index contributed by atoms with van der Waals surface area (Å²) >= 11 is 0. The van der Waals surface area contributed by atoms with Gasteiger partial charge in [0.05, 0.1) is 16.6 Å². The molecule has 6 aromatic carbocycles. The Labute approximate surface area is 312 Å². The van der Waals surface area contributed by atoms with Crippen molar-refractivity contribution in [3.8, 4) is 74.0 Å². The molecule has 55 heavy (non-hydrogen) atoms. The number of allylic oxidation sites excluding steroid dienone is 1. The molecule has 0 atom stereocenters. The quantitative estimate of drug-likeness (QED) is 0.0861. The Morgan fingerprint density at radius 2 is 0.982 bits per heavy atom. The predicted molar refractivity (Wildman–Crippen MR) is 212 cm³/mol. The summed E-state index contributed by atoms with van der Waals surface area (Å²) in [6, 6.07) is 39.2. The van der Waals surface area contributed by atoms with Crippen molar-refractivity contribution >= 4 is 44.5 Å². The molecule has 1 aliphatic carbocycles. The van der Waals surface area contributed by atoms with Gasteiger partial charge in [0.15, 0.2) is 29.0 Å². The highest BCUT2D eigenvalue weighted by molar-refractivity contribution is 6.11. The fourth-order valence-corrected chi connectivity index (χ4v) is 7.63. The highest BCUT2D eigenvalue weighted by atomic mass is 16.4. The Morgan fingerprint density at radius 1 is 0.473 bits per heavy atom. The lowest BCUT2D eigenvalue weighted by Gasteiger charge is -2.16. The average molecular weight is 723 g/mol. The number of aryl methyl sites for hydroxylation is 1. The van der Waals surface area contributed by atoms with Gasteiger partial charge in [-0.25, -0.2) is 15.0 Å². The first-order chi connectivity index (χ1) is 26.8. The number of nitrogens with zero attached hydrogens (tertiary/aromatic N) is 4. The van der Waals surface area contributed by atoms with Gasteiger partial charge < -0.3 is 34.5 Å². The van der Waals surface area contributed by atoms with Crippen molar-refractivity contribution in [1.29, 1.82) is 0 Å². The fourth-order valence-electron chi connectivity index (χ4n) is 7.63.